The number of nitrogens with one attached hydrogen (secondary N) is 1. The Hall–Kier alpha value is -1.14. The molecule has 0 bridgehead atoms. The number of hydrogen-bond acceptors (Lipinski definition) is 2. The third kappa shape index (κ3) is 5.09. The topological polar surface area (TPSA) is 21.3 Å². The van der Waals surface area contributed by atoms with Gasteiger partial charge in [-0.05, 0) is 24.1 Å². The lowest BCUT2D eigenvalue weighted by atomic mass is 10.00. The Bertz CT molecular complexity index is 395. The summed E-state index contributed by atoms with van der Waals surface area (Å²) in [5.74, 6) is -3.76. The third-order valence-corrected chi connectivity index (χ3v) is 2.94. The lowest BCUT2D eigenvalue weighted by Gasteiger charge is -2.15. The van der Waals surface area contributed by atoms with Gasteiger partial charge in [0.1, 0.15) is 6.61 Å². The van der Waals surface area contributed by atoms with Gasteiger partial charge in [0.05, 0.1) is 6.61 Å². The smallest absolute Gasteiger partial charge is 0.330 e. The monoisotopic (exact) mass is 293 g/mol. The van der Waals surface area contributed by atoms with Gasteiger partial charge in [0.25, 0.3) is 0 Å². The molecular weight excluding hydrogens is 274 g/mol. The molecule has 1 aromatic carbocycles. The van der Waals surface area contributed by atoms with E-state index < -0.39 is 19.0 Å². The minimum absolute atomic E-state index is 0.108. The van der Waals surface area contributed by atoms with Gasteiger partial charge in [-0.15, -0.1) is 0 Å². The first-order chi connectivity index (χ1) is 9.36. The van der Waals surface area contributed by atoms with E-state index in [1.165, 1.54) is 0 Å². The molecule has 1 unspecified atom stereocenters. The molecule has 1 atom stereocenters. The molecule has 0 radical (unpaired) electrons. The molecule has 0 aliphatic rings. The van der Waals surface area contributed by atoms with Gasteiger partial charge in [-0.1, -0.05) is 31.2 Å². The van der Waals surface area contributed by atoms with Crippen LogP contribution in [0.4, 0.5) is 17.6 Å². The van der Waals surface area contributed by atoms with Crippen LogP contribution in [0.1, 0.15) is 24.0 Å². The van der Waals surface area contributed by atoms with Gasteiger partial charge in [-0.25, -0.2) is 8.78 Å². The summed E-state index contributed by atoms with van der Waals surface area (Å²) in [5, 5.41) is 3.06. The molecule has 0 aromatic heterocycles. The van der Waals surface area contributed by atoms with Gasteiger partial charge in [-0.3, -0.25) is 0 Å². The Morgan fingerprint density at radius 1 is 1.20 bits per heavy atom. The third-order valence-electron chi connectivity index (χ3n) is 2.94. The molecule has 6 heteroatoms. The van der Waals surface area contributed by atoms with E-state index in [-0.39, 0.29) is 6.61 Å². The standard InChI is InChI=1S/C14H19F4NO/c1-10(7-19-2)12-5-3-11(4-6-12)8-20-9-14(17,18)13(15)16/h3-6,10,13,19H,7-9H2,1-2H3. The molecule has 0 spiro atoms. The first-order valence-electron chi connectivity index (χ1n) is 6.34. The molecule has 0 saturated carbocycles. The summed E-state index contributed by atoms with van der Waals surface area (Å²) < 4.78 is 53.7. The van der Waals surface area contributed by atoms with E-state index >= 15 is 0 Å². The minimum Gasteiger partial charge on any atom is -0.370 e. The van der Waals surface area contributed by atoms with Crippen molar-refractivity contribution in [2.75, 3.05) is 20.2 Å². The molecule has 0 aliphatic heterocycles. The van der Waals surface area contributed by atoms with E-state index in [4.69, 9.17) is 0 Å². The molecule has 0 fully saturated rings. The van der Waals surface area contributed by atoms with Crippen molar-refractivity contribution in [3.8, 4) is 0 Å². The van der Waals surface area contributed by atoms with Gasteiger partial charge < -0.3 is 10.1 Å². The summed E-state index contributed by atoms with van der Waals surface area (Å²) in [6.45, 7) is 1.51. The summed E-state index contributed by atoms with van der Waals surface area (Å²) in [6, 6.07) is 7.27. The molecule has 1 rings (SSSR count). The molecule has 2 nitrogen and oxygen atoms in total. The Morgan fingerprint density at radius 2 is 1.80 bits per heavy atom. The van der Waals surface area contributed by atoms with Crippen molar-refractivity contribution >= 4 is 0 Å². The van der Waals surface area contributed by atoms with E-state index in [2.05, 4.69) is 17.0 Å². The number of alkyl halides is 4. The Morgan fingerprint density at radius 3 is 2.30 bits per heavy atom. The summed E-state index contributed by atoms with van der Waals surface area (Å²) in [5.41, 5.74) is 1.79. The summed E-state index contributed by atoms with van der Waals surface area (Å²) in [7, 11) is 1.86. The Labute approximate surface area is 116 Å². The van der Waals surface area contributed by atoms with E-state index in [1.807, 2.05) is 19.2 Å². The van der Waals surface area contributed by atoms with Crippen LogP contribution in [0.2, 0.25) is 0 Å². The van der Waals surface area contributed by atoms with Crippen molar-refractivity contribution in [3.63, 3.8) is 0 Å². The van der Waals surface area contributed by atoms with Gasteiger partial charge in [-0.2, -0.15) is 8.78 Å². The van der Waals surface area contributed by atoms with Crippen molar-refractivity contribution in [2.45, 2.75) is 31.8 Å². The number of likely N-dealkylation sites (N-methyl/N-ethyl adjacent to an activating group) is 1. The van der Waals surface area contributed by atoms with E-state index in [9.17, 15) is 17.6 Å². The fraction of sp³-hybridized carbons (Fsp3) is 0.571. The molecule has 0 heterocycles. The van der Waals surface area contributed by atoms with Crippen molar-refractivity contribution in [2.24, 2.45) is 0 Å². The van der Waals surface area contributed by atoms with Crippen LogP contribution >= 0.6 is 0 Å². The molecule has 20 heavy (non-hydrogen) atoms. The molecule has 0 saturated heterocycles. The van der Waals surface area contributed by atoms with Crippen molar-refractivity contribution in [3.05, 3.63) is 35.4 Å². The van der Waals surface area contributed by atoms with Crippen molar-refractivity contribution in [1.29, 1.82) is 0 Å². The number of ether oxygens (including phenoxy) is 1. The van der Waals surface area contributed by atoms with Crippen LogP contribution < -0.4 is 5.32 Å². The maximum Gasteiger partial charge on any atom is 0.330 e. The van der Waals surface area contributed by atoms with E-state index in [0.29, 0.717) is 11.5 Å². The second kappa shape index (κ2) is 7.59. The first kappa shape index (κ1) is 16.9. The molecule has 0 aliphatic carbocycles. The average Bonchev–Trinajstić information content (AvgIpc) is 2.39. The zero-order valence-corrected chi connectivity index (χ0v) is 11.5. The number of hydrogen-bond donors (Lipinski definition) is 1. The number of halogens is 4. The highest BCUT2D eigenvalue weighted by Crippen LogP contribution is 2.23. The molecule has 0 amide bonds. The summed E-state index contributed by atoms with van der Waals surface area (Å²) in [6.07, 6.45) is -3.70. The SMILES string of the molecule is CNCC(C)c1ccc(COCC(F)(F)C(F)F)cc1. The van der Waals surface area contributed by atoms with Gasteiger partial charge in [0.15, 0.2) is 0 Å². The van der Waals surface area contributed by atoms with Crippen LogP contribution in [-0.4, -0.2) is 32.5 Å². The van der Waals surface area contributed by atoms with Crippen LogP contribution in [0.3, 0.4) is 0 Å². The van der Waals surface area contributed by atoms with Crippen LogP contribution in [0.15, 0.2) is 24.3 Å². The summed E-state index contributed by atoms with van der Waals surface area (Å²) >= 11 is 0. The lowest BCUT2D eigenvalue weighted by molar-refractivity contribution is -0.168. The highest BCUT2D eigenvalue weighted by molar-refractivity contribution is 5.24. The first-order valence-corrected chi connectivity index (χ1v) is 6.34. The van der Waals surface area contributed by atoms with E-state index in [1.54, 1.807) is 12.1 Å². The number of benzene rings is 1. The van der Waals surface area contributed by atoms with Crippen LogP contribution in [-0.2, 0) is 11.3 Å². The van der Waals surface area contributed by atoms with Crippen LogP contribution in [0.5, 0.6) is 0 Å². The quantitative estimate of drug-likeness (QED) is 0.742. The average molecular weight is 293 g/mol. The molecular formula is C14H19F4NO. The predicted octanol–water partition coefficient (Wildman–Crippen LogP) is 3.43. The normalized spacial score (nSPS) is 13.8. The van der Waals surface area contributed by atoms with Crippen molar-refractivity contribution in [1.82, 2.24) is 5.32 Å². The van der Waals surface area contributed by atoms with E-state index in [0.717, 1.165) is 12.1 Å². The van der Waals surface area contributed by atoms with Gasteiger partial charge >= 0.3 is 12.3 Å². The highest BCUT2D eigenvalue weighted by Gasteiger charge is 2.40. The Kier molecular flexibility index (Phi) is 6.42. The van der Waals surface area contributed by atoms with Crippen molar-refractivity contribution < 1.29 is 22.3 Å². The maximum absolute atomic E-state index is 12.6. The molecule has 1 N–H and O–H groups in total. The number of rotatable bonds is 8. The fourth-order valence-electron chi connectivity index (χ4n) is 1.73. The van der Waals surface area contributed by atoms with Gasteiger partial charge in [0.2, 0.25) is 0 Å². The zero-order chi connectivity index (χ0) is 15.2. The van der Waals surface area contributed by atoms with Crippen LogP contribution in [0.25, 0.3) is 0 Å². The fourth-order valence-corrected chi connectivity index (χ4v) is 1.73. The second-order valence-electron chi connectivity index (χ2n) is 4.75. The zero-order valence-electron chi connectivity index (χ0n) is 11.5. The molecule has 114 valence electrons. The largest absolute Gasteiger partial charge is 0.370 e. The van der Waals surface area contributed by atoms with Gasteiger partial charge in [0, 0.05) is 6.54 Å². The summed E-state index contributed by atoms with van der Waals surface area (Å²) in [4.78, 5) is 0. The highest BCUT2D eigenvalue weighted by atomic mass is 19.3. The second-order valence-corrected chi connectivity index (χ2v) is 4.75. The molecule has 1 aromatic rings. The van der Waals surface area contributed by atoms with Crippen LogP contribution in [0, 0.1) is 0 Å². The minimum atomic E-state index is -4.10. The lowest BCUT2D eigenvalue weighted by Crippen LogP contribution is -2.32. The maximum atomic E-state index is 12.6. The Balaban J connectivity index is 2.46. The predicted molar refractivity (Wildman–Crippen MR) is 69.4 cm³/mol.